The van der Waals surface area contributed by atoms with Gasteiger partial charge in [-0.2, -0.15) is 9.97 Å². The molecule has 13 nitrogen and oxygen atoms in total. The minimum Gasteiger partial charge on any atom is -0.473 e. The van der Waals surface area contributed by atoms with Gasteiger partial charge in [0, 0.05) is 25.1 Å². The molecule has 0 atom stereocenters. The molecule has 4 aromatic rings. The van der Waals surface area contributed by atoms with Crippen molar-refractivity contribution in [2.45, 2.75) is 19.6 Å². The van der Waals surface area contributed by atoms with Crippen molar-refractivity contribution in [1.29, 1.82) is 0 Å². The number of thioether (sulfide) groups is 4. The van der Waals surface area contributed by atoms with Gasteiger partial charge in [0.2, 0.25) is 0 Å². The van der Waals surface area contributed by atoms with Crippen molar-refractivity contribution in [3.05, 3.63) is 66.7 Å². The van der Waals surface area contributed by atoms with E-state index in [0.29, 0.717) is 52.6 Å². The third-order valence-corrected chi connectivity index (χ3v) is 7.89. The van der Waals surface area contributed by atoms with Crippen LogP contribution in [-0.4, -0.2) is 56.6 Å². The molecule has 0 aliphatic rings. The number of hydrogen-bond donors (Lipinski definition) is 4. The van der Waals surface area contributed by atoms with Gasteiger partial charge in [0.05, 0.1) is 0 Å². The zero-order chi connectivity index (χ0) is 30.2. The molecule has 1 aromatic heterocycles. The zero-order valence-corrected chi connectivity index (χ0v) is 23.8. The molecule has 4 N–H and O–H groups in total. The van der Waals surface area contributed by atoms with Crippen molar-refractivity contribution in [2.75, 3.05) is 0 Å². The van der Waals surface area contributed by atoms with Gasteiger partial charge < -0.3 is 29.9 Å². The van der Waals surface area contributed by atoms with Gasteiger partial charge in [-0.15, -0.1) is 4.98 Å². The zero-order valence-electron chi connectivity index (χ0n) is 20.6. The molecular weight excluding hydrogens is 631 g/mol. The molecule has 0 bridgehead atoms. The summed E-state index contributed by atoms with van der Waals surface area (Å²) in [5.41, 5.74) is 0.570. The van der Waals surface area contributed by atoms with Crippen LogP contribution in [0.15, 0.2) is 86.3 Å². The van der Waals surface area contributed by atoms with Crippen molar-refractivity contribution >= 4 is 68.3 Å². The minimum atomic E-state index is -1.25. The predicted molar refractivity (Wildman–Crippen MR) is 154 cm³/mol. The highest BCUT2D eigenvalue weighted by Crippen LogP contribution is 2.37. The summed E-state index contributed by atoms with van der Waals surface area (Å²) in [5, 5.41) is 31.7. The number of aromatic nitrogens is 3. The van der Waals surface area contributed by atoms with Crippen LogP contribution in [0.3, 0.4) is 0 Å². The molecule has 4 rings (SSSR count). The second kappa shape index (κ2) is 13.9. The second-order valence-corrected chi connectivity index (χ2v) is 11.5. The number of carbonyl (C=O) groups is 4. The predicted octanol–water partition coefficient (Wildman–Crippen LogP) is 8.20. The van der Waals surface area contributed by atoms with Crippen LogP contribution in [0.4, 0.5) is 19.2 Å². The molecular formula is C25H15N3O10S4. The van der Waals surface area contributed by atoms with Crippen LogP contribution in [0.2, 0.25) is 0 Å². The Morgan fingerprint density at radius 2 is 0.929 bits per heavy atom. The molecule has 214 valence electrons. The van der Waals surface area contributed by atoms with Crippen LogP contribution in [0.1, 0.15) is 0 Å². The number of hydrogen-bond acceptors (Lipinski definition) is 13. The van der Waals surface area contributed by atoms with Gasteiger partial charge >= 0.3 is 33.2 Å². The molecule has 17 heteroatoms. The fourth-order valence-corrected chi connectivity index (χ4v) is 5.70. The Morgan fingerprint density at radius 3 is 1.33 bits per heavy atom. The molecule has 42 heavy (non-hydrogen) atoms. The minimum absolute atomic E-state index is 0.0971. The van der Waals surface area contributed by atoms with E-state index in [-0.39, 0.29) is 48.9 Å². The number of benzene rings is 3. The summed E-state index contributed by atoms with van der Waals surface area (Å²) in [5.74, 6) is 0.340. The van der Waals surface area contributed by atoms with Crippen molar-refractivity contribution in [2.24, 2.45) is 0 Å². The third-order valence-electron chi connectivity index (χ3n) is 4.66. The molecule has 1 heterocycles. The SMILES string of the molecule is O=C(O)Sc1ccc(Oc2nc(Oc3ccc(SC(=O)O)c(SC(=O)O)c3)nc(-c3ccccc3)n2)cc1SC(=O)O. The van der Waals surface area contributed by atoms with Crippen LogP contribution in [-0.2, 0) is 0 Å². The van der Waals surface area contributed by atoms with Crippen molar-refractivity contribution in [3.63, 3.8) is 0 Å². The molecule has 3 aromatic carbocycles. The average molecular weight is 646 g/mol. The van der Waals surface area contributed by atoms with Gasteiger partial charge in [0.15, 0.2) is 5.82 Å². The first-order valence-electron chi connectivity index (χ1n) is 11.1. The standard InChI is InChI=1S/C25H15N3O10S4/c29-22(30)39-15-8-6-13(10-17(15)41-24(33)34)37-20-26-19(12-4-2-1-3-5-12)27-21(28-20)38-14-7-9-16(40-23(31)32)18(11-14)42-25(35)36/h1-11H,(H,29,30)(H,31,32)(H,33,34)(H,35,36). The lowest BCUT2D eigenvalue weighted by Crippen LogP contribution is -2.01. The van der Waals surface area contributed by atoms with E-state index in [4.69, 9.17) is 19.7 Å². The van der Waals surface area contributed by atoms with E-state index in [1.165, 1.54) is 36.4 Å². The highest BCUT2D eigenvalue weighted by atomic mass is 32.2. The highest BCUT2D eigenvalue weighted by molar-refractivity contribution is 8.16. The van der Waals surface area contributed by atoms with E-state index in [2.05, 4.69) is 15.0 Å². The Morgan fingerprint density at radius 1 is 0.524 bits per heavy atom. The van der Waals surface area contributed by atoms with Gasteiger partial charge in [-0.1, -0.05) is 30.3 Å². The Labute approximate surface area is 252 Å². The Hall–Kier alpha value is -4.45. The summed E-state index contributed by atoms with van der Waals surface area (Å²) >= 11 is 1.67. The lowest BCUT2D eigenvalue weighted by atomic mass is 10.2. The second-order valence-electron chi connectivity index (χ2n) is 7.48. The van der Waals surface area contributed by atoms with E-state index in [1.54, 1.807) is 30.3 Å². The van der Waals surface area contributed by atoms with Gasteiger partial charge in [-0.05, 0) is 83.4 Å². The van der Waals surface area contributed by atoms with Gasteiger partial charge in [0.25, 0.3) is 0 Å². The molecule has 0 unspecified atom stereocenters. The molecule has 0 spiro atoms. The van der Waals surface area contributed by atoms with Crippen molar-refractivity contribution < 1.29 is 49.1 Å². The lowest BCUT2D eigenvalue weighted by Gasteiger charge is -2.12. The highest BCUT2D eigenvalue weighted by Gasteiger charge is 2.18. The van der Waals surface area contributed by atoms with Crippen LogP contribution in [0.25, 0.3) is 11.4 Å². The quantitative estimate of drug-likeness (QED) is 0.126. The maximum Gasteiger partial charge on any atom is 0.369 e. The molecule has 0 radical (unpaired) electrons. The molecule has 0 saturated carbocycles. The first kappa shape index (κ1) is 30.5. The fourth-order valence-electron chi connectivity index (χ4n) is 3.16. The van der Waals surface area contributed by atoms with Gasteiger partial charge in [0.1, 0.15) is 11.5 Å². The van der Waals surface area contributed by atoms with Gasteiger partial charge in [-0.25, -0.2) is 19.2 Å². The van der Waals surface area contributed by atoms with Crippen molar-refractivity contribution in [1.82, 2.24) is 15.0 Å². The lowest BCUT2D eigenvalue weighted by molar-refractivity contribution is 0.221. The van der Waals surface area contributed by atoms with Crippen LogP contribution in [0, 0.1) is 0 Å². The largest absolute Gasteiger partial charge is 0.473 e. The number of rotatable bonds is 9. The smallest absolute Gasteiger partial charge is 0.369 e. The monoisotopic (exact) mass is 645 g/mol. The van der Waals surface area contributed by atoms with E-state index >= 15 is 0 Å². The molecule has 0 aliphatic heterocycles. The molecule has 0 aliphatic carbocycles. The summed E-state index contributed by atoms with van der Waals surface area (Å²) in [6, 6.07) is 16.5. The number of ether oxygens (including phenoxy) is 2. The van der Waals surface area contributed by atoms with Crippen molar-refractivity contribution in [3.8, 4) is 34.9 Å². The van der Waals surface area contributed by atoms with Crippen LogP contribution < -0.4 is 9.47 Å². The Balaban J connectivity index is 1.71. The maximum atomic E-state index is 11.3. The van der Waals surface area contributed by atoms with Gasteiger partial charge in [-0.3, -0.25) is 0 Å². The molecule has 0 amide bonds. The molecule has 0 saturated heterocycles. The summed E-state index contributed by atoms with van der Waals surface area (Å²) in [4.78, 5) is 58.3. The summed E-state index contributed by atoms with van der Waals surface area (Å²) < 4.78 is 11.6. The van der Waals surface area contributed by atoms with Crippen LogP contribution >= 0.6 is 47.0 Å². The van der Waals surface area contributed by atoms with E-state index < -0.39 is 21.2 Å². The first-order valence-corrected chi connectivity index (χ1v) is 14.4. The van der Waals surface area contributed by atoms with E-state index in [1.807, 2.05) is 0 Å². The Bertz CT molecular complexity index is 1570. The summed E-state index contributed by atoms with van der Waals surface area (Å²) in [6.45, 7) is 0. The Kier molecular flexibility index (Phi) is 10.1. The third kappa shape index (κ3) is 8.77. The topological polar surface area (TPSA) is 206 Å². The average Bonchev–Trinajstić information content (AvgIpc) is 2.91. The summed E-state index contributed by atoms with van der Waals surface area (Å²) in [7, 11) is 0. The first-order chi connectivity index (χ1) is 20.0. The number of nitrogens with zero attached hydrogens (tertiary/aromatic N) is 3. The fraction of sp³-hybridized carbons (Fsp3) is 0. The normalized spacial score (nSPS) is 10.6. The van der Waals surface area contributed by atoms with E-state index in [0.717, 1.165) is 0 Å². The molecule has 0 fully saturated rings. The summed E-state index contributed by atoms with van der Waals surface area (Å²) in [6.07, 6.45) is 0. The maximum absolute atomic E-state index is 11.3. The van der Waals surface area contributed by atoms with Crippen LogP contribution in [0.5, 0.6) is 23.5 Å². The van der Waals surface area contributed by atoms with E-state index in [9.17, 15) is 29.4 Å². The number of carboxylic acid groups (broad SMARTS) is 4.